The monoisotopic (exact) mass is 316 g/mol. The molecule has 124 valence electrons. The fourth-order valence-corrected chi connectivity index (χ4v) is 3.34. The molecule has 3 rings (SSSR count). The van der Waals surface area contributed by atoms with Crippen LogP contribution in [0.5, 0.6) is 0 Å². The summed E-state index contributed by atoms with van der Waals surface area (Å²) < 4.78 is 1.61. The van der Waals surface area contributed by atoms with Crippen LogP contribution in [0.1, 0.15) is 45.3 Å². The second kappa shape index (κ2) is 5.60. The molecule has 23 heavy (non-hydrogen) atoms. The third-order valence-electron chi connectivity index (χ3n) is 4.68. The maximum Gasteiger partial charge on any atom is 0.318 e. The van der Waals surface area contributed by atoms with Crippen molar-refractivity contribution in [2.24, 2.45) is 0 Å². The molecule has 2 aromatic heterocycles. The van der Waals surface area contributed by atoms with Gasteiger partial charge in [-0.1, -0.05) is 0 Å². The first-order valence-corrected chi connectivity index (χ1v) is 8.14. The SMILES string of the molecule is Cc1ccc2[nH]c(=O)c(=O)n(C3CCN(C(C)(C)C)CC3)c2n1. The lowest BCUT2D eigenvalue weighted by Gasteiger charge is -2.41. The Morgan fingerprint density at radius 3 is 2.43 bits per heavy atom. The number of aromatic nitrogens is 3. The van der Waals surface area contributed by atoms with Gasteiger partial charge in [-0.05, 0) is 52.7 Å². The molecule has 0 atom stereocenters. The number of hydrogen-bond acceptors (Lipinski definition) is 4. The van der Waals surface area contributed by atoms with E-state index in [2.05, 4.69) is 35.6 Å². The first-order valence-electron chi connectivity index (χ1n) is 8.14. The van der Waals surface area contributed by atoms with Crippen LogP contribution in [0.25, 0.3) is 11.2 Å². The van der Waals surface area contributed by atoms with Crippen molar-refractivity contribution in [1.29, 1.82) is 0 Å². The normalized spacial score (nSPS) is 17.7. The zero-order valence-electron chi connectivity index (χ0n) is 14.2. The van der Waals surface area contributed by atoms with Gasteiger partial charge in [-0.2, -0.15) is 0 Å². The molecular weight excluding hydrogens is 292 g/mol. The van der Waals surface area contributed by atoms with Crippen molar-refractivity contribution in [3.63, 3.8) is 0 Å². The van der Waals surface area contributed by atoms with E-state index < -0.39 is 11.1 Å². The molecule has 6 heteroatoms. The molecule has 2 aromatic rings. The average molecular weight is 316 g/mol. The number of hydrogen-bond donors (Lipinski definition) is 1. The summed E-state index contributed by atoms with van der Waals surface area (Å²) in [7, 11) is 0. The smallest absolute Gasteiger partial charge is 0.315 e. The van der Waals surface area contributed by atoms with Gasteiger partial charge in [0, 0.05) is 30.4 Å². The molecule has 1 N–H and O–H groups in total. The van der Waals surface area contributed by atoms with E-state index in [0.29, 0.717) is 11.2 Å². The highest BCUT2D eigenvalue weighted by Gasteiger charge is 2.29. The molecule has 0 radical (unpaired) electrons. The summed E-state index contributed by atoms with van der Waals surface area (Å²) in [5.74, 6) is 0. The Morgan fingerprint density at radius 1 is 1.17 bits per heavy atom. The van der Waals surface area contributed by atoms with E-state index in [4.69, 9.17) is 0 Å². The lowest BCUT2D eigenvalue weighted by molar-refractivity contribution is 0.0898. The largest absolute Gasteiger partial charge is 0.318 e. The van der Waals surface area contributed by atoms with Crippen molar-refractivity contribution < 1.29 is 0 Å². The van der Waals surface area contributed by atoms with Crippen molar-refractivity contribution >= 4 is 11.2 Å². The van der Waals surface area contributed by atoms with E-state index in [1.54, 1.807) is 4.57 Å². The number of pyridine rings is 1. The molecule has 3 heterocycles. The number of H-pyrrole nitrogens is 1. The van der Waals surface area contributed by atoms with E-state index in [-0.39, 0.29) is 11.6 Å². The minimum atomic E-state index is -0.568. The van der Waals surface area contributed by atoms with E-state index in [1.807, 2.05) is 19.1 Å². The Labute approximate surface area is 135 Å². The molecule has 0 unspecified atom stereocenters. The van der Waals surface area contributed by atoms with Gasteiger partial charge in [0.15, 0.2) is 5.65 Å². The van der Waals surface area contributed by atoms with Crippen LogP contribution < -0.4 is 11.1 Å². The third-order valence-corrected chi connectivity index (χ3v) is 4.68. The summed E-state index contributed by atoms with van der Waals surface area (Å²) >= 11 is 0. The van der Waals surface area contributed by atoms with Gasteiger partial charge in [0.1, 0.15) is 0 Å². The van der Waals surface area contributed by atoms with Gasteiger partial charge in [0.2, 0.25) is 0 Å². The summed E-state index contributed by atoms with van der Waals surface area (Å²) in [6.07, 6.45) is 1.71. The molecular formula is C17H24N4O2. The standard InChI is InChI=1S/C17H24N4O2/c1-11-5-6-13-14(18-11)21(16(23)15(22)19-13)12-7-9-20(10-8-12)17(2,3)4/h5-6,12H,7-10H2,1-4H3,(H,19,22). The summed E-state index contributed by atoms with van der Waals surface area (Å²) in [5.41, 5.74) is 1.11. The highest BCUT2D eigenvalue weighted by atomic mass is 16.2. The summed E-state index contributed by atoms with van der Waals surface area (Å²) in [6.45, 7) is 10.3. The van der Waals surface area contributed by atoms with Crippen LogP contribution in [-0.4, -0.2) is 38.1 Å². The number of likely N-dealkylation sites (tertiary alicyclic amines) is 1. The van der Waals surface area contributed by atoms with Gasteiger partial charge in [-0.25, -0.2) is 4.98 Å². The van der Waals surface area contributed by atoms with Crippen molar-refractivity contribution in [2.45, 2.75) is 52.1 Å². The van der Waals surface area contributed by atoms with Crippen LogP contribution in [0.3, 0.4) is 0 Å². The number of aryl methyl sites for hydroxylation is 1. The second-order valence-corrected chi connectivity index (χ2v) is 7.34. The first kappa shape index (κ1) is 15.9. The fraction of sp³-hybridized carbons (Fsp3) is 0.588. The Kier molecular flexibility index (Phi) is 3.88. The minimum Gasteiger partial charge on any atom is -0.315 e. The molecule has 0 aromatic carbocycles. The zero-order chi connectivity index (χ0) is 16.8. The van der Waals surface area contributed by atoms with E-state index in [9.17, 15) is 9.59 Å². The number of rotatable bonds is 1. The maximum absolute atomic E-state index is 12.4. The molecule has 1 aliphatic rings. The molecule has 0 spiro atoms. The Bertz CT molecular complexity index is 836. The topological polar surface area (TPSA) is 71.0 Å². The number of piperidine rings is 1. The average Bonchev–Trinajstić information content (AvgIpc) is 2.48. The van der Waals surface area contributed by atoms with Crippen molar-refractivity contribution in [1.82, 2.24) is 19.4 Å². The van der Waals surface area contributed by atoms with Gasteiger partial charge < -0.3 is 4.98 Å². The van der Waals surface area contributed by atoms with Gasteiger partial charge in [0.25, 0.3) is 0 Å². The lowest BCUT2D eigenvalue weighted by atomic mass is 9.98. The first-order chi connectivity index (χ1) is 10.8. The van der Waals surface area contributed by atoms with Crippen molar-refractivity contribution in [3.05, 3.63) is 38.5 Å². The van der Waals surface area contributed by atoms with Crippen LogP contribution >= 0.6 is 0 Å². The fourth-order valence-electron chi connectivity index (χ4n) is 3.34. The van der Waals surface area contributed by atoms with E-state index >= 15 is 0 Å². The second-order valence-electron chi connectivity index (χ2n) is 7.34. The van der Waals surface area contributed by atoms with Gasteiger partial charge in [-0.3, -0.25) is 19.1 Å². The number of nitrogens with zero attached hydrogens (tertiary/aromatic N) is 3. The maximum atomic E-state index is 12.4. The van der Waals surface area contributed by atoms with Gasteiger partial charge >= 0.3 is 11.1 Å². The summed E-state index contributed by atoms with van der Waals surface area (Å²) in [6, 6.07) is 3.69. The highest BCUT2D eigenvalue weighted by molar-refractivity contribution is 5.70. The summed E-state index contributed by atoms with van der Waals surface area (Å²) in [4.78, 5) is 34.0. The number of fused-ring (bicyclic) bond motifs is 1. The molecule has 0 saturated carbocycles. The Morgan fingerprint density at radius 2 is 1.83 bits per heavy atom. The summed E-state index contributed by atoms with van der Waals surface area (Å²) in [5, 5.41) is 0. The van der Waals surface area contributed by atoms with Gasteiger partial charge in [0.05, 0.1) is 5.52 Å². The molecule has 1 aliphatic heterocycles. The van der Waals surface area contributed by atoms with Crippen LogP contribution in [0.4, 0.5) is 0 Å². The van der Waals surface area contributed by atoms with Crippen LogP contribution in [0.2, 0.25) is 0 Å². The molecule has 6 nitrogen and oxygen atoms in total. The molecule has 0 aliphatic carbocycles. The molecule has 0 amide bonds. The Hall–Kier alpha value is -1.95. The van der Waals surface area contributed by atoms with E-state index in [0.717, 1.165) is 31.6 Å². The number of aromatic amines is 1. The predicted octanol–water partition coefficient (Wildman–Crippen LogP) is 1.83. The zero-order valence-corrected chi connectivity index (χ0v) is 14.2. The quantitative estimate of drug-likeness (QED) is 0.815. The van der Waals surface area contributed by atoms with Crippen LogP contribution in [-0.2, 0) is 0 Å². The minimum absolute atomic E-state index is 0.0280. The predicted molar refractivity (Wildman–Crippen MR) is 91.0 cm³/mol. The van der Waals surface area contributed by atoms with E-state index in [1.165, 1.54) is 0 Å². The van der Waals surface area contributed by atoms with Crippen molar-refractivity contribution in [3.8, 4) is 0 Å². The Balaban J connectivity index is 2.04. The molecule has 1 saturated heterocycles. The van der Waals surface area contributed by atoms with Crippen LogP contribution in [0, 0.1) is 6.92 Å². The third kappa shape index (κ3) is 2.95. The lowest BCUT2D eigenvalue weighted by Crippen LogP contribution is -2.48. The number of nitrogens with one attached hydrogen (secondary N) is 1. The van der Waals surface area contributed by atoms with Gasteiger partial charge in [-0.15, -0.1) is 0 Å². The highest BCUT2D eigenvalue weighted by Crippen LogP contribution is 2.27. The van der Waals surface area contributed by atoms with Crippen molar-refractivity contribution in [2.75, 3.05) is 13.1 Å². The van der Waals surface area contributed by atoms with Crippen LogP contribution in [0.15, 0.2) is 21.7 Å². The molecule has 1 fully saturated rings. The molecule has 0 bridgehead atoms.